The molecule has 0 aliphatic heterocycles. The van der Waals surface area contributed by atoms with Gasteiger partial charge in [0.1, 0.15) is 5.78 Å². The van der Waals surface area contributed by atoms with E-state index >= 15 is 0 Å². The molecule has 164 valence electrons. The fraction of sp³-hybridized carbons (Fsp3) is 0.920. The molecule has 0 saturated heterocycles. The number of hydrogen-bond acceptors (Lipinski definition) is 4. The minimum atomic E-state index is -0.316. The number of hydrogen-bond donors (Lipinski definition) is 1. The van der Waals surface area contributed by atoms with Crippen LogP contribution in [-0.2, 0) is 14.3 Å². The van der Waals surface area contributed by atoms with Crippen LogP contribution in [-0.4, -0.2) is 30.1 Å². The highest BCUT2D eigenvalue weighted by molar-refractivity contribution is 5.79. The second-order valence-electron chi connectivity index (χ2n) is 11.4. The summed E-state index contributed by atoms with van der Waals surface area (Å²) < 4.78 is 4.86. The molecular formula is C25H40O4. The summed E-state index contributed by atoms with van der Waals surface area (Å²) in [4.78, 5) is 23.7. The topological polar surface area (TPSA) is 63.6 Å². The van der Waals surface area contributed by atoms with Crippen molar-refractivity contribution in [3.63, 3.8) is 0 Å². The Balaban J connectivity index is 1.52. The number of Topliss-reactive ketones (excluding diaryl/α,β-unsaturated/α-hetero) is 1. The normalized spacial score (nSPS) is 47.7. The Bertz CT molecular complexity index is 659. The summed E-state index contributed by atoms with van der Waals surface area (Å²) in [6.07, 6.45) is 9.30. The largest absolute Gasteiger partial charge is 0.469 e. The molecule has 9 atom stereocenters. The SMILES string of the molecule is COC(=O)CC[C@@H](C)C1CCC2C3C[C@H](O)C4CC(=O)CC[C@]4(C)C3CC[C@@]21C. The van der Waals surface area contributed by atoms with Crippen LogP contribution in [0.2, 0.25) is 0 Å². The van der Waals surface area contributed by atoms with Gasteiger partial charge in [-0.1, -0.05) is 20.8 Å². The number of aliphatic hydroxyl groups excluding tert-OH is 1. The molecule has 5 unspecified atom stereocenters. The van der Waals surface area contributed by atoms with Gasteiger partial charge in [0.05, 0.1) is 13.2 Å². The van der Waals surface area contributed by atoms with E-state index in [-0.39, 0.29) is 23.4 Å². The predicted octanol–water partition coefficient (Wildman–Crippen LogP) is 4.77. The first-order valence-electron chi connectivity index (χ1n) is 12.0. The summed E-state index contributed by atoms with van der Waals surface area (Å²) in [6.45, 7) is 7.22. The lowest BCUT2D eigenvalue weighted by Crippen LogP contribution is -2.58. The minimum Gasteiger partial charge on any atom is -0.469 e. The van der Waals surface area contributed by atoms with Crippen molar-refractivity contribution < 1.29 is 19.4 Å². The second kappa shape index (κ2) is 7.66. The first-order valence-corrected chi connectivity index (χ1v) is 12.0. The van der Waals surface area contributed by atoms with E-state index in [1.807, 2.05) is 0 Å². The minimum absolute atomic E-state index is 0.0959. The molecule has 1 N–H and O–H groups in total. The molecule has 4 heteroatoms. The summed E-state index contributed by atoms with van der Waals surface area (Å²) in [7, 11) is 1.47. The summed E-state index contributed by atoms with van der Waals surface area (Å²) >= 11 is 0. The Labute approximate surface area is 176 Å². The van der Waals surface area contributed by atoms with Gasteiger partial charge in [-0.2, -0.15) is 0 Å². The van der Waals surface area contributed by atoms with Crippen LogP contribution in [0.25, 0.3) is 0 Å². The van der Waals surface area contributed by atoms with Gasteiger partial charge in [-0.15, -0.1) is 0 Å². The van der Waals surface area contributed by atoms with Gasteiger partial charge in [0.2, 0.25) is 0 Å². The van der Waals surface area contributed by atoms with E-state index < -0.39 is 0 Å². The fourth-order valence-electron chi connectivity index (χ4n) is 8.71. The Kier molecular flexibility index (Phi) is 5.63. The zero-order valence-electron chi connectivity index (χ0n) is 18.8. The average molecular weight is 405 g/mol. The zero-order valence-corrected chi connectivity index (χ0v) is 18.8. The van der Waals surface area contributed by atoms with E-state index in [0.717, 1.165) is 19.3 Å². The van der Waals surface area contributed by atoms with Gasteiger partial charge in [-0.25, -0.2) is 0 Å². The number of aliphatic hydroxyl groups is 1. The highest BCUT2D eigenvalue weighted by Crippen LogP contribution is 2.68. The molecular weight excluding hydrogens is 364 g/mol. The monoisotopic (exact) mass is 404 g/mol. The van der Waals surface area contributed by atoms with E-state index in [1.165, 1.54) is 32.8 Å². The first-order chi connectivity index (χ1) is 13.7. The smallest absolute Gasteiger partial charge is 0.305 e. The lowest BCUT2D eigenvalue weighted by Gasteiger charge is -2.61. The van der Waals surface area contributed by atoms with Crippen molar-refractivity contribution in [1.82, 2.24) is 0 Å². The van der Waals surface area contributed by atoms with Crippen molar-refractivity contribution in [1.29, 1.82) is 0 Å². The average Bonchev–Trinajstić information content (AvgIpc) is 3.05. The van der Waals surface area contributed by atoms with E-state index in [4.69, 9.17) is 4.74 Å². The van der Waals surface area contributed by atoms with Crippen LogP contribution < -0.4 is 0 Å². The summed E-state index contributed by atoms with van der Waals surface area (Å²) in [5.74, 6) is 3.55. The second-order valence-corrected chi connectivity index (χ2v) is 11.4. The molecule has 0 radical (unpaired) electrons. The Morgan fingerprint density at radius 2 is 1.86 bits per heavy atom. The first kappa shape index (κ1) is 21.3. The van der Waals surface area contributed by atoms with E-state index in [2.05, 4.69) is 20.8 Å². The molecule has 0 amide bonds. The molecule has 4 fully saturated rings. The summed E-state index contributed by atoms with van der Waals surface area (Å²) in [5, 5.41) is 11.1. The molecule has 0 bridgehead atoms. The van der Waals surface area contributed by atoms with E-state index in [1.54, 1.807) is 0 Å². The van der Waals surface area contributed by atoms with Crippen molar-refractivity contribution in [3.8, 4) is 0 Å². The highest BCUT2D eigenvalue weighted by atomic mass is 16.5. The molecule has 29 heavy (non-hydrogen) atoms. The van der Waals surface area contributed by atoms with Gasteiger partial charge in [-0.3, -0.25) is 9.59 Å². The molecule has 0 heterocycles. The Hall–Kier alpha value is -0.900. The van der Waals surface area contributed by atoms with Crippen molar-refractivity contribution in [3.05, 3.63) is 0 Å². The number of fused-ring (bicyclic) bond motifs is 5. The maximum Gasteiger partial charge on any atom is 0.305 e. The molecule has 4 aliphatic rings. The number of ether oxygens (including phenoxy) is 1. The van der Waals surface area contributed by atoms with Crippen molar-refractivity contribution in [2.45, 2.75) is 91.1 Å². The third kappa shape index (κ3) is 3.38. The van der Waals surface area contributed by atoms with Crippen molar-refractivity contribution >= 4 is 11.8 Å². The van der Waals surface area contributed by atoms with Gasteiger partial charge in [-0.05, 0) is 91.3 Å². The molecule has 0 aromatic rings. The van der Waals surface area contributed by atoms with Gasteiger partial charge in [0, 0.05) is 19.3 Å². The summed E-state index contributed by atoms with van der Waals surface area (Å²) in [5.41, 5.74) is 0.455. The molecule has 4 nitrogen and oxygen atoms in total. The van der Waals surface area contributed by atoms with Crippen molar-refractivity contribution in [2.75, 3.05) is 7.11 Å². The lowest BCUT2D eigenvalue weighted by molar-refractivity contribution is -0.166. The van der Waals surface area contributed by atoms with E-state index in [0.29, 0.717) is 60.1 Å². The predicted molar refractivity (Wildman–Crippen MR) is 112 cm³/mol. The standard InChI is InChI=1S/C25H40O4/c1-15(5-8-23(28)29-4)18-6-7-19-17-14-22(27)21-13-16(26)9-11-25(21,3)20(17)10-12-24(18,19)2/h15,17-22,27H,5-14H2,1-4H3/t15-,17?,18?,19?,20?,21?,22+,24-,25-/m1/s1. The van der Waals surface area contributed by atoms with Gasteiger partial charge < -0.3 is 9.84 Å². The highest BCUT2D eigenvalue weighted by Gasteiger charge is 2.62. The maximum absolute atomic E-state index is 12.1. The number of ketones is 1. The van der Waals surface area contributed by atoms with Crippen LogP contribution in [0.3, 0.4) is 0 Å². The number of esters is 1. The maximum atomic E-state index is 12.1. The molecule has 4 rings (SSSR count). The van der Waals surface area contributed by atoms with E-state index in [9.17, 15) is 14.7 Å². The van der Waals surface area contributed by atoms with Crippen LogP contribution in [0.1, 0.15) is 85.0 Å². The number of rotatable bonds is 4. The molecule has 0 aromatic carbocycles. The molecule has 4 aliphatic carbocycles. The fourth-order valence-corrected chi connectivity index (χ4v) is 8.71. The van der Waals surface area contributed by atoms with Gasteiger partial charge in [0.25, 0.3) is 0 Å². The quantitative estimate of drug-likeness (QED) is 0.685. The van der Waals surface area contributed by atoms with Crippen LogP contribution in [0, 0.1) is 46.3 Å². The molecule has 0 aromatic heterocycles. The zero-order chi connectivity index (χ0) is 21.0. The number of carbonyl (C=O) groups excluding carboxylic acids is 2. The summed E-state index contributed by atoms with van der Waals surface area (Å²) in [6, 6.07) is 0. The van der Waals surface area contributed by atoms with Crippen LogP contribution in [0.4, 0.5) is 0 Å². The Morgan fingerprint density at radius 3 is 2.59 bits per heavy atom. The van der Waals surface area contributed by atoms with Crippen LogP contribution in [0.5, 0.6) is 0 Å². The Morgan fingerprint density at radius 1 is 1.14 bits per heavy atom. The van der Waals surface area contributed by atoms with Crippen molar-refractivity contribution in [2.24, 2.45) is 46.3 Å². The van der Waals surface area contributed by atoms with Gasteiger partial charge in [0.15, 0.2) is 0 Å². The van der Waals surface area contributed by atoms with Crippen LogP contribution >= 0.6 is 0 Å². The van der Waals surface area contributed by atoms with Crippen LogP contribution in [0.15, 0.2) is 0 Å². The number of carbonyl (C=O) groups is 2. The lowest BCUT2D eigenvalue weighted by atomic mass is 9.44. The molecule has 4 saturated carbocycles. The van der Waals surface area contributed by atoms with Gasteiger partial charge >= 0.3 is 5.97 Å². The third-order valence-electron chi connectivity index (χ3n) is 10.3. The molecule has 0 spiro atoms. The third-order valence-corrected chi connectivity index (χ3v) is 10.3. The number of methoxy groups -OCH3 is 1.